The predicted octanol–water partition coefficient (Wildman–Crippen LogP) is 3.70. The van der Waals surface area contributed by atoms with Crippen LogP contribution in [-0.2, 0) is 12.2 Å². The van der Waals surface area contributed by atoms with Crippen LogP contribution in [0, 0.1) is 6.92 Å². The standard InChI is InChI=1S/C22H21N5OS/c1-16-7-5-6-10-18(16)15-29-21-12-11-19-24-25-20(27(19)26-21)13-14-23-22(28)17-8-3-2-4-9-17/h2-12H,13-15H2,1H3,(H,23,28). The molecule has 2 aromatic heterocycles. The van der Waals surface area contributed by atoms with Gasteiger partial charge in [-0.2, -0.15) is 9.61 Å². The van der Waals surface area contributed by atoms with E-state index in [4.69, 9.17) is 0 Å². The third kappa shape index (κ3) is 4.63. The molecule has 2 aromatic carbocycles. The lowest BCUT2D eigenvalue weighted by Crippen LogP contribution is -2.26. The van der Waals surface area contributed by atoms with Crippen molar-refractivity contribution < 1.29 is 4.79 Å². The van der Waals surface area contributed by atoms with Gasteiger partial charge in [-0.05, 0) is 42.3 Å². The fraction of sp³-hybridized carbons (Fsp3) is 0.182. The summed E-state index contributed by atoms with van der Waals surface area (Å²) in [7, 11) is 0. The van der Waals surface area contributed by atoms with Crippen LogP contribution < -0.4 is 5.32 Å². The van der Waals surface area contributed by atoms with Crippen LogP contribution in [0.3, 0.4) is 0 Å². The Morgan fingerprint density at radius 2 is 1.79 bits per heavy atom. The lowest BCUT2D eigenvalue weighted by molar-refractivity contribution is 0.0954. The quantitative estimate of drug-likeness (QED) is 0.477. The zero-order valence-electron chi connectivity index (χ0n) is 16.1. The van der Waals surface area contributed by atoms with Crippen molar-refractivity contribution in [1.82, 2.24) is 25.1 Å². The molecule has 6 nitrogen and oxygen atoms in total. The summed E-state index contributed by atoms with van der Waals surface area (Å²) < 4.78 is 1.76. The highest BCUT2D eigenvalue weighted by Crippen LogP contribution is 2.22. The molecule has 4 aromatic rings. The molecule has 29 heavy (non-hydrogen) atoms. The van der Waals surface area contributed by atoms with E-state index >= 15 is 0 Å². The first-order valence-electron chi connectivity index (χ1n) is 9.42. The van der Waals surface area contributed by atoms with Crippen LogP contribution in [0.15, 0.2) is 71.8 Å². The van der Waals surface area contributed by atoms with Gasteiger partial charge in [0.2, 0.25) is 0 Å². The predicted molar refractivity (Wildman–Crippen MR) is 114 cm³/mol. The van der Waals surface area contributed by atoms with E-state index in [-0.39, 0.29) is 5.91 Å². The first-order chi connectivity index (χ1) is 14.2. The van der Waals surface area contributed by atoms with Crippen LogP contribution in [0.5, 0.6) is 0 Å². The summed E-state index contributed by atoms with van der Waals surface area (Å²) >= 11 is 1.68. The molecule has 0 saturated carbocycles. The minimum absolute atomic E-state index is 0.0955. The Hall–Kier alpha value is -3.19. The van der Waals surface area contributed by atoms with E-state index in [1.807, 2.05) is 36.4 Å². The molecule has 0 spiro atoms. The molecule has 0 atom stereocenters. The summed E-state index contributed by atoms with van der Waals surface area (Å²) in [5, 5.41) is 16.9. The number of thioether (sulfide) groups is 1. The minimum Gasteiger partial charge on any atom is -0.352 e. The van der Waals surface area contributed by atoms with Gasteiger partial charge in [-0.3, -0.25) is 4.79 Å². The van der Waals surface area contributed by atoms with E-state index in [0.29, 0.717) is 24.2 Å². The Morgan fingerprint density at radius 3 is 2.62 bits per heavy atom. The smallest absolute Gasteiger partial charge is 0.251 e. The molecule has 0 aliphatic heterocycles. The maximum atomic E-state index is 12.2. The van der Waals surface area contributed by atoms with Crippen molar-refractivity contribution in [3.05, 3.63) is 89.2 Å². The Bertz CT molecular complexity index is 1130. The van der Waals surface area contributed by atoms with Crippen molar-refractivity contribution in [2.24, 2.45) is 0 Å². The topological polar surface area (TPSA) is 72.2 Å². The number of amides is 1. The van der Waals surface area contributed by atoms with Gasteiger partial charge in [0.05, 0.1) is 0 Å². The number of nitrogens with zero attached hydrogens (tertiary/aromatic N) is 4. The summed E-state index contributed by atoms with van der Waals surface area (Å²) in [4.78, 5) is 12.2. The number of carbonyl (C=O) groups is 1. The molecular formula is C22H21N5OS. The highest BCUT2D eigenvalue weighted by Gasteiger charge is 2.10. The molecule has 2 heterocycles. The summed E-state index contributed by atoms with van der Waals surface area (Å²) in [6.07, 6.45) is 0.554. The van der Waals surface area contributed by atoms with Crippen LogP contribution >= 0.6 is 11.8 Å². The SMILES string of the molecule is Cc1ccccc1CSc1ccc2nnc(CCNC(=O)c3ccccc3)n2n1. The number of hydrogen-bond donors (Lipinski definition) is 1. The third-order valence-corrected chi connectivity index (χ3v) is 5.58. The number of fused-ring (bicyclic) bond motifs is 1. The summed E-state index contributed by atoms with van der Waals surface area (Å²) in [6.45, 7) is 2.59. The van der Waals surface area contributed by atoms with Gasteiger partial charge in [-0.15, -0.1) is 10.2 Å². The molecule has 4 rings (SSSR count). The summed E-state index contributed by atoms with van der Waals surface area (Å²) in [5.74, 6) is 1.49. The molecule has 0 saturated heterocycles. The average Bonchev–Trinajstić information content (AvgIpc) is 3.16. The van der Waals surface area contributed by atoms with E-state index < -0.39 is 0 Å². The maximum absolute atomic E-state index is 12.2. The molecule has 0 aliphatic carbocycles. The molecule has 0 unspecified atom stereocenters. The maximum Gasteiger partial charge on any atom is 0.251 e. The lowest BCUT2D eigenvalue weighted by Gasteiger charge is -2.06. The van der Waals surface area contributed by atoms with Crippen LogP contribution in [0.4, 0.5) is 0 Å². The molecule has 7 heteroatoms. The van der Waals surface area contributed by atoms with Crippen LogP contribution in [-0.4, -0.2) is 32.3 Å². The van der Waals surface area contributed by atoms with Crippen molar-refractivity contribution in [2.45, 2.75) is 24.1 Å². The molecule has 0 fully saturated rings. The van der Waals surface area contributed by atoms with Crippen molar-refractivity contribution in [2.75, 3.05) is 6.54 Å². The van der Waals surface area contributed by atoms with Crippen LogP contribution in [0.25, 0.3) is 5.65 Å². The van der Waals surface area contributed by atoms with E-state index in [0.717, 1.165) is 16.6 Å². The van der Waals surface area contributed by atoms with E-state index in [9.17, 15) is 4.79 Å². The van der Waals surface area contributed by atoms with E-state index in [1.54, 1.807) is 28.4 Å². The highest BCUT2D eigenvalue weighted by molar-refractivity contribution is 7.98. The van der Waals surface area contributed by atoms with Gasteiger partial charge in [0.15, 0.2) is 11.5 Å². The zero-order chi connectivity index (χ0) is 20.1. The van der Waals surface area contributed by atoms with Gasteiger partial charge < -0.3 is 5.32 Å². The molecule has 1 amide bonds. The molecule has 0 bridgehead atoms. The number of nitrogens with one attached hydrogen (secondary N) is 1. The average molecular weight is 404 g/mol. The molecular weight excluding hydrogens is 382 g/mol. The second kappa shape index (κ2) is 8.87. The fourth-order valence-corrected chi connectivity index (χ4v) is 3.88. The number of hydrogen-bond acceptors (Lipinski definition) is 5. The number of rotatable bonds is 7. The van der Waals surface area contributed by atoms with Gasteiger partial charge in [0.25, 0.3) is 5.91 Å². The van der Waals surface area contributed by atoms with Crippen LogP contribution in [0.1, 0.15) is 27.3 Å². The van der Waals surface area contributed by atoms with Gasteiger partial charge in [-0.1, -0.05) is 54.2 Å². The van der Waals surface area contributed by atoms with Crippen molar-refractivity contribution >= 4 is 23.3 Å². The Kier molecular flexibility index (Phi) is 5.86. The van der Waals surface area contributed by atoms with Crippen molar-refractivity contribution in [3.8, 4) is 0 Å². The second-order valence-corrected chi connectivity index (χ2v) is 7.64. The Morgan fingerprint density at radius 1 is 1.00 bits per heavy atom. The van der Waals surface area contributed by atoms with E-state index in [1.165, 1.54) is 11.1 Å². The molecule has 0 aliphatic rings. The van der Waals surface area contributed by atoms with Gasteiger partial charge in [0.1, 0.15) is 5.03 Å². The van der Waals surface area contributed by atoms with Gasteiger partial charge in [-0.25, -0.2) is 0 Å². The second-order valence-electron chi connectivity index (χ2n) is 6.64. The number of carbonyl (C=O) groups excluding carboxylic acids is 1. The van der Waals surface area contributed by atoms with Crippen molar-refractivity contribution in [1.29, 1.82) is 0 Å². The highest BCUT2D eigenvalue weighted by atomic mass is 32.2. The van der Waals surface area contributed by atoms with Gasteiger partial charge >= 0.3 is 0 Å². The Labute approximate surface area is 173 Å². The first-order valence-corrected chi connectivity index (χ1v) is 10.4. The molecule has 0 radical (unpaired) electrons. The summed E-state index contributed by atoms with van der Waals surface area (Å²) in [5.41, 5.74) is 3.92. The number of aromatic nitrogens is 4. The zero-order valence-corrected chi connectivity index (χ0v) is 16.9. The van der Waals surface area contributed by atoms with Crippen molar-refractivity contribution in [3.63, 3.8) is 0 Å². The Balaban J connectivity index is 1.40. The molecule has 1 N–H and O–H groups in total. The fourth-order valence-electron chi connectivity index (χ4n) is 2.95. The minimum atomic E-state index is -0.0955. The van der Waals surface area contributed by atoms with Gasteiger partial charge in [0, 0.05) is 24.3 Å². The van der Waals surface area contributed by atoms with E-state index in [2.05, 4.69) is 45.7 Å². The third-order valence-electron chi connectivity index (χ3n) is 4.61. The lowest BCUT2D eigenvalue weighted by atomic mass is 10.1. The normalized spacial score (nSPS) is 10.9. The first kappa shape index (κ1) is 19.1. The molecule has 146 valence electrons. The monoisotopic (exact) mass is 403 g/mol. The largest absolute Gasteiger partial charge is 0.352 e. The summed E-state index contributed by atoms with van der Waals surface area (Å²) in [6, 6.07) is 21.4. The number of aryl methyl sites for hydroxylation is 1. The van der Waals surface area contributed by atoms with Crippen LogP contribution in [0.2, 0.25) is 0 Å². The number of benzene rings is 2.